The van der Waals surface area contributed by atoms with Gasteiger partial charge in [0.2, 0.25) is 11.8 Å². The van der Waals surface area contributed by atoms with Crippen LogP contribution in [0.3, 0.4) is 0 Å². The molecule has 0 saturated carbocycles. The first-order chi connectivity index (χ1) is 13.8. The maximum absolute atomic E-state index is 12.7. The molecule has 1 aromatic carbocycles. The maximum Gasteiger partial charge on any atom is 0.336 e. The van der Waals surface area contributed by atoms with Crippen LogP contribution in [0.25, 0.3) is 11.0 Å². The van der Waals surface area contributed by atoms with Gasteiger partial charge in [-0.15, -0.1) is 11.8 Å². The average molecular weight is 416 g/mol. The first-order valence-corrected chi connectivity index (χ1v) is 10.2. The van der Waals surface area contributed by atoms with E-state index in [0.717, 1.165) is 6.42 Å². The van der Waals surface area contributed by atoms with Crippen molar-refractivity contribution in [3.63, 3.8) is 0 Å². The van der Waals surface area contributed by atoms with E-state index in [9.17, 15) is 19.2 Å². The van der Waals surface area contributed by atoms with Crippen molar-refractivity contribution >= 4 is 46.2 Å². The molecule has 9 heteroatoms. The molecular formula is C20H20N2O6S. The monoisotopic (exact) mass is 416 g/mol. The summed E-state index contributed by atoms with van der Waals surface area (Å²) in [7, 11) is 0. The molecule has 2 saturated heterocycles. The highest BCUT2D eigenvalue weighted by atomic mass is 32.2. The van der Waals surface area contributed by atoms with Crippen LogP contribution in [0.5, 0.6) is 0 Å². The van der Waals surface area contributed by atoms with Crippen LogP contribution in [0.4, 0.5) is 5.69 Å². The quantitative estimate of drug-likeness (QED) is 0.602. The lowest BCUT2D eigenvalue weighted by molar-refractivity contribution is -0.154. The zero-order valence-electron chi connectivity index (χ0n) is 16.0. The zero-order valence-corrected chi connectivity index (χ0v) is 16.8. The van der Waals surface area contributed by atoms with Crippen LogP contribution in [0, 0.1) is 0 Å². The van der Waals surface area contributed by atoms with E-state index in [-0.39, 0.29) is 28.9 Å². The fourth-order valence-electron chi connectivity index (χ4n) is 3.87. The summed E-state index contributed by atoms with van der Waals surface area (Å²) in [5.74, 6) is -0.253. The van der Waals surface area contributed by atoms with E-state index in [2.05, 4.69) is 5.32 Å². The van der Waals surface area contributed by atoms with Crippen molar-refractivity contribution in [3.8, 4) is 0 Å². The maximum atomic E-state index is 12.7. The number of fused-ring (bicyclic) bond motifs is 2. The second kappa shape index (κ2) is 7.22. The zero-order chi connectivity index (χ0) is 20.8. The molecule has 3 heterocycles. The number of nitrogens with zero attached hydrogens (tertiary/aromatic N) is 1. The molecule has 0 aliphatic carbocycles. The van der Waals surface area contributed by atoms with Gasteiger partial charge in [-0.05, 0) is 25.5 Å². The van der Waals surface area contributed by atoms with Crippen molar-refractivity contribution < 1.29 is 23.5 Å². The first-order valence-electron chi connectivity index (χ1n) is 9.24. The molecule has 0 unspecified atom stereocenters. The lowest BCUT2D eigenvalue weighted by Gasteiger charge is -2.29. The molecule has 29 heavy (non-hydrogen) atoms. The first kappa shape index (κ1) is 19.5. The number of esters is 1. The minimum Gasteiger partial charge on any atom is -0.459 e. The van der Waals surface area contributed by atoms with Crippen LogP contribution in [0.15, 0.2) is 33.5 Å². The van der Waals surface area contributed by atoms with Gasteiger partial charge in [0, 0.05) is 47.9 Å². The van der Waals surface area contributed by atoms with Crippen LogP contribution >= 0.6 is 11.8 Å². The summed E-state index contributed by atoms with van der Waals surface area (Å²) in [5.41, 5.74) is 0.702. The smallest absolute Gasteiger partial charge is 0.336 e. The Morgan fingerprint density at radius 2 is 2.14 bits per heavy atom. The van der Waals surface area contributed by atoms with E-state index in [0.29, 0.717) is 28.8 Å². The number of ether oxygens (including phenoxy) is 1. The van der Waals surface area contributed by atoms with Crippen LogP contribution in [0.2, 0.25) is 0 Å². The lowest BCUT2D eigenvalue weighted by atomic mass is 10.1. The summed E-state index contributed by atoms with van der Waals surface area (Å²) in [4.78, 5) is 49.3. The van der Waals surface area contributed by atoms with Crippen LogP contribution in [0.1, 0.15) is 32.3 Å². The number of hydrogen-bond acceptors (Lipinski definition) is 7. The number of thioether (sulfide) groups is 1. The Labute approximate surface area is 170 Å². The highest BCUT2D eigenvalue weighted by Crippen LogP contribution is 2.47. The molecule has 1 aromatic heterocycles. The Balaban J connectivity index is 1.54. The molecule has 152 valence electrons. The fraction of sp³-hybridized carbons (Fsp3) is 0.400. The van der Waals surface area contributed by atoms with E-state index in [1.54, 1.807) is 34.9 Å². The van der Waals surface area contributed by atoms with Gasteiger partial charge < -0.3 is 19.4 Å². The Kier molecular flexibility index (Phi) is 4.85. The largest absolute Gasteiger partial charge is 0.459 e. The van der Waals surface area contributed by atoms with E-state index in [4.69, 9.17) is 9.15 Å². The molecule has 2 atom stereocenters. The summed E-state index contributed by atoms with van der Waals surface area (Å²) >= 11 is 1.59. The molecule has 2 aliphatic heterocycles. The predicted octanol–water partition coefficient (Wildman–Crippen LogP) is 2.25. The van der Waals surface area contributed by atoms with Crippen LogP contribution in [-0.4, -0.2) is 39.3 Å². The molecule has 2 fully saturated rings. The Morgan fingerprint density at radius 1 is 1.34 bits per heavy atom. The minimum absolute atomic E-state index is 0.0317. The summed E-state index contributed by atoms with van der Waals surface area (Å²) in [6.45, 7) is 3.24. The number of carbonyl (C=O) groups is 3. The van der Waals surface area contributed by atoms with Gasteiger partial charge in [-0.2, -0.15) is 0 Å². The highest BCUT2D eigenvalue weighted by molar-refractivity contribution is 8.01. The number of amides is 2. The molecule has 0 spiro atoms. The second-order valence-electron chi connectivity index (χ2n) is 7.36. The van der Waals surface area contributed by atoms with Crippen molar-refractivity contribution in [3.05, 3.63) is 40.2 Å². The van der Waals surface area contributed by atoms with Gasteiger partial charge >= 0.3 is 11.6 Å². The molecule has 2 aliphatic rings. The minimum atomic E-state index is -0.613. The molecule has 4 rings (SSSR count). The average Bonchev–Trinajstić information content (AvgIpc) is 3.14. The Bertz CT molecular complexity index is 1080. The third-order valence-corrected chi connectivity index (χ3v) is 6.74. The van der Waals surface area contributed by atoms with E-state index in [1.807, 2.05) is 6.92 Å². The molecule has 2 aromatic rings. The normalized spacial score (nSPS) is 23.3. The Morgan fingerprint density at radius 3 is 2.90 bits per heavy atom. The van der Waals surface area contributed by atoms with Gasteiger partial charge in [0.1, 0.15) is 18.2 Å². The van der Waals surface area contributed by atoms with Crippen molar-refractivity contribution in [2.45, 2.75) is 44.2 Å². The van der Waals surface area contributed by atoms with E-state index in [1.165, 1.54) is 13.0 Å². The number of anilines is 1. The van der Waals surface area contributed by atoms with Crippen molar-refractivity contribution in [2.75, 3.05) is 11.1 Å². The van der Waals surface area contributed by atoms with Crippen molar-refractivity contribution in [1.29, 1.82) is 0 Å². The Hall–Kier alpha value is -2.81. The second-order valence-corrected chi connectivity index (χ2v) is 8.86. The van der Waals surface area contributed by atoms with Gasteiger partial charge in [0.15, 0.2) is 0 Å². The number of rotatable bonds is 4. The standard InChI is InChI=1S/C20H20N2O6S/c1-11(23)21-13-3-4-14-12(7-18(25)28-16(14)8-13)9-27-19(26)15-10-29-20(2)6-5-17(24)22(15)20/h3-4,7-8,15H,5-6,9-10H2,1-2H3,(H,21,23)/t15-,20+/m0/s1. The van der Waals surface area contributed by atoms with Crippen LogP contribution < -0.4 is 10.9 Å². The summed E-state index contributed by atoms with van der Waals surface area (Å²) in [6.07, 6.45) is 1.16. The molecule has 0 radical (unpaired) electrons. The number of carbonyl (C=O) groups excluding carboxylic acids is 3. The molecule has 0 bridgehead atoms. The molecule has 8 nitrogen and oxygen atoms in total. The van der Waals surface area contributed by atoms with E-state index < -0.39 is 17.6 Å². The molecule has 1 N–H and O–H groups in total. The van der Waals surface area contributed by atoms with Gasteiger partial charge in [-0.3, -0.25) is 9.59 Å². The summed E-state index contributed by atoms with van der Waals surface area (Å²) in [5, 5.41) is 3.23. The summed E-state index contributed by atoms with van der Waals surface area (Å²) in [6, 6.07) is 5.59. The fourth-order valence-corrected chi connectivity index (χ4v) is 5.29. The third-order valence-electron chi connectivity index (χ3n) is 5.24. The van der Waals surface area contributed by atoms with Crippen LogP contribution in [-0.2, 0) is 25.7 Å². The molecule has 2 amide bonds. The van der Waals surface area contributed by atoms with Gasteiger partial charge in [-0.25, -0.2) is 9.59 Å². The van der Waals surface area contributed by atoms with Gasteiger partial charge in [-0.1, -0.05) is 0 Å². The highest BCUT2D eigenvalue weighted by Gasteiger charge is 2.53. The van der Waals surface area contributed by atoms with E-state index >= 15 is 0 Å². The number of benzene rings is 1. The summed E-state index contributed by atoms with van der Waals surface area (Å²) < 4.78 is 10.7. The topological polar surface area (TPSA) is 106 Å². The SMILES string of the molecule is CC(=O)Nc1ccc2c(COC(=O)[C@@H]3CS[C@]4(C)CCC(=O)N34)cc(=O)oc2c1. The molecular weight excluding hydrogens is 396 g/mol. The third kappa shape index (κ3) is 3.62. The number of hydrogen-bond donors (Lipinski definition) is 1. The van der Waals surface area contributed by atoms with Crippen molar-refractivity contribution in [2.24, 2.45) is 0 Å². The van der Waals surface area contributed by atoms with Gasteiger partial charge in [0.25, 0.3) is 0 Å². The van der Waals surface area contributed by atoms with Crippen molar-refractivity contribution in [1.82, 2.24) is 4.90 Å². The predicted molar refractivity (Wildman–Crippen MR) is 107 cm³/mol. The lowest BCUT2D eigenvalue weighted by Crippen LogP contribution is -2.46. The number of nitrogens with one attached hydrogen (secondary N) is 1. The van der Waals surface area contributed by atoms with Gasteiger partial charge in [0.05, 0.1) is 4.87 Å².